The summed E-state index contributed by atoms with van der Waals surface area (Å²) in [6.07, 6.45) is -0.239. The maximum atomic E-state index is 12.2. The van der Waals surface area contributed by atoms with Crippen molar-refractivity contribution in [3.8, 4) is 0 Å². The summed E-state index contributed by atoms with van der Waals surface area (Å²) < 4.78 is 15.4. The van der Waals surface area contributed by atoms with Crippen molar-refractivity contribution in [1.29, 1.82) is 0 Å². The van der Waals surface area contributed by atoms with E-state index in [1.165, 1.54) is 6.92 Å². The predicted molar refractivity (Wildman–Crippen MR) is 96.1 cm³/mol. The summed E-state index contributed by atoms with van der Waals surface area (Å²) in [5, 5.41) is 2.73. The molecular weight excluding hydrogens is 338 g/mol. The van der Waals surface area contributed by atoms with Gasteiger partial charge in [0.1, 0.15) is 5.60 Å². The van der Waals surface area contributed by atoms with E-state index in [1.54, 1.807) is 34.6 Å². The van der Waals surface area contributed by atoms with Crippen LogP contribution in [0.1, 0.15) is 61.3 Å². The molecule has 150 valence electrons. The quantitative estimate of drug-likeness (QED) is 0.520. The van der Waals surface area contributed by atoms with Gasteiger partial charge in [-0.2, -0.15) is 0 Å². The number of alkyl carbamates (subject to hydrolysis) is 1. The van der Waals surface area contributed by atoms with Gasteiger partial charge >= 0.3 is 18.0 Å². The molecule has 1 saturated carbocycles. The Morgan fingerprint density at radius 1 is 1.12 bits per heavy atom. The van der Waals surface area contributed by atoms with E-state index in [2.05, 4.69) is 12.2 Å². The van der Waals surface area contributed by atoms with E-state index in [0.717, 1.165) is 6.42 Å². The van der Waals surface area contributed by atoms with Crippen LogP contribution >= 0.6 is 0 Å². The highest BCUT2D eigenvalue weighted by Crippen LogP contribution is 2.45. The number of esters is 2. The van der Waals surface area contributed by atoms with Crippen LogP contribution < -0.4 is 5.32 Å². The maximum absolute atomic E-state index is 12.2. The molecular formula is C19H33NO6. The molecule has 1 amide bonds. The molecule has 1 aliphatic rings. The third-order valence-corrected chi connectivity index (χ3v) is 4.16. The van der Waals surface area contributed by atoms with Gasteiger partial charge in [-0.05, 0) is 44.9 Å². The van der Waals surface area contributed by atoms with Gasteiger partial charge in [-0.3, -0.25) is 9.59 Å². The van der Waals surface area contributed by atoms with Crippen LogP contribution in [0.3, 0.4) is 0 Å². The summed E-state index contributed by atoms with van der Waals surface area (Å²) in [6.45, 7) is 12.8. The molecule has 7 nitrogen and oxygen atoms in total. The minimum absolute atomic E-state index is 0.0296. The number of carbonyl (C=O) groups is 3. The molecule has 0 aliphatic heterocycles. The number of ether oxygens (including phenoxy) is 3. The van der Waals surface area contributed by atoms with E-state index in [9.17, 15) is 14.4 Å². The fourth-order valence-corrected chi connectivity index (χ4v) is 2.68. The van der Waals surface area contributed by atoms with Crippen molar-refractivity contribution in [3.63, 3.8) is 0 Å². The van der Waals surface area contributed by atoms with E-state index in [4.69, 9.17) is 14.2 Å². The Labute approximate surface area is 156 Å². The van der Waals surface area contributed by atoms with E-state index < -0.39 is 29.9 Å². The molecule has 0 bridgehead atoms. The smallest absolute Gasteiger partial charge is 0.407 e. The second-order valence-electron chi connectivity index (χ2n) is 8.37. The number of hydrogen-bond acceptors (Lipinski definition) is 6. The first-order valence-corrected chi connectivity index (χ1v) is 9.26. The van der Waals surface area contributed by atoms with Crippen LogP contribution in [0.2, 0.25) is 0 Å². The highest BCUT2D eigenvalue weighted by Gasteiger charge is 2.40. The average molecular weight is 371 g/mol. The van der Waals surface area contributed by atoms with Crippen molar-refractivity contribution < 1.29 is 28.6 Å². The summed E-state index contributed by atoms with van der Waals surface area (Å²) in [7, 11) is 0. The lowest BCUT2D eigenvalue weighted by molar-refractivity contribution is -0.187. The molecule has 0 saturated heterocycles. The van der Waals surface area contributed by atoms with Gasteiger partial charge < -0.3 is 19.5 Å². The first-order chi connectivity index (χ1) is 11.9. The molecule has 7 heteroatoms. The van der Waals surface area contributed by atoms with Crippen LogP contribution in [-0.2, 0) is 23.8 Å². The molecule has 1 rings (SSSR count). The van der Waals surface area contributed by atoms with Gasteiger partial charge in [0.2, 0.25) is 6.29 Å². The Hall–Kier alpha value is -1.79. The Bertz CT molecular complexity index is 511. The van der Waals surface area contributed by atoms with Crippen molar-refractivity contribution in [2.24, 2.45) is 23.7 Å². The van der Waals surface area contributed by atoms with E-state index in [-0.39, 0.29) is 18.3 Å². The number of carbonyl (C=O) groups excluding carboxylic acids is 3. The molecule has 26 heavy (non-hydrogen) atoms. The summed E-state index contributed by atoms with van der Waals surface area (Å²) in [6, 6.07) is 0. The molecule has 0 aromatic rings. The minimum Gasteiger partial charge on any atom is -0.444 e. The molecule has 0 aromatic heterocycles. The first kappa shape index (κ1) is 22.3. The van der Waals surface area contributed by atoms with Gasteiger partial charge in [-0.15, -0.1) is 0 Å². The van der Waals surface area contributed by atoms with E-state index >= 15 is 0 Å². The standard InChI is InChI=1S/C19H33NO6/c1-11(2)17(22)25-13(4)24-16(21)9-14(15-8-12(15)3)10-20-18(23)26-19(5,6)7/h11-15H,8-10H2,1-7H3,(H,20,23)/t12?,13?,14-,15?/m0/s1. The third-order valence-electron chi connectivity index (χ3n) is 4.16. The number of amides is 1. The van der Waals surface area contributed by atoms with Crippen LogP contribution in [0.5, 0.6) is 0 Å². The summed E-state index contributed by atoms with van der Waals surface area (Å²) in [5.74, 6) is -0.281. The number of hydrogen-bond donors (Lipinski definition) is 1. The Balaban J connectivity index is 2.48. The topological polar surface area (TPSA) is 90.9 Å². The lowest BCUT2D eigenvalue weighted by atomic mass is 9.98. The fraction of sp³-hybridized carbons (Fsp3) is 0.842. The summed E-state index contributed by atoms with van der Waals surface area (Å²) in [4.78, 5) is 35.5. The third kappa shape index (κ3) is 8.54. The second-order valence-corrected chi connectivity index (χ2v) is 8.37. The van der Waals surface area contributed by atoms with Crippen LogP contribution in [0.25, 0.3) is 0 Å². The van der Waals surface area contributed by atoms with Gasteiger partial charge in [0.25, 0.3) is 0 Å². The number of nitrogens with one attached hydrogen (secondary N) is 1. The zero-order valence-electron chi connectivity index (χ0n) is 17.0. The Morgan fingerprint density at radius 2 is 1.69 bits per heavy atom. The molecule has 4 atom stereocenters. The van der Waals surface area contributed by atoms with Crippen molar-refractivity contribution in [3.05, 3.63) is 0 Å². The molecule has 1 aliphatic carbocycles. The molecule has 0 heterocycles. The SMILES string of the molecule is CC(OC(=O)C[C@@H](CNC(=O)OC(C)(C)C)C1CC1C)OC(=O)C(C)C. The lowest BCUT2D eigenvalue weighted by Gasteiger charge is -2.22. The molecule has 0 aromatic carbocycles. The molecule has 1 N–H and O–H groups in total. The van der Waals surface area contributed by atoms with Crippen molar-refractivity contribution in [2.45, 2.75) is 73.2 Å². The molecule has 0 spiro atoms. The van der Waals surface area contributed by atoms with Gasteiger partial charge in [0.15, 0.2) is 0 Å². The van der Waals surface area contributed by atoms with Crippen LogP contribution in [0.15, 0.2) is 0 Å². The Kier molecular flexibility index (Phi) is 7.90. The highest BCUT2D eigenvalue weighted by molar-refractivity contribution is 5.73. The molecule has 1 fully saturated rings. The number of rotatable bonds is 8. The average Bonchev–Trinajstić information content (AvgIpc) is 3.17. The van der Waals surface area contributed by atoms with Gasteiger partial charge in [-0.25, -0.2) is 4.79 Å². The second kappa shape index (κ2) is 9.24. The van der Waals surface area contributed by atoms with Crippen LogP contribution in [0.4, 0.5) is 4.79 Å². The van der Waals surface area contributed by atoms with Crippen molar-refractivity contribution in [2.75, 3.05) is 6.54 Å². The zero-order chi connectivity index (χ0) is 20.1. The van der Waals surface area contributed by atoms with Gasteiger partial charge in [0.05, 0.1) is 12.3 Å². The van der Waals surface area contributed by atoms with E-state index in [0.29, 0.717) is 18.4 Å². The minimum atomic E-state index is -0.923. The van der Waals surface area contributed by atoms with E-state index in [1.807, 2.05) is 0 Å². The summed E-state index contributed by atoms with van der Waals surface area (Å²) >= 11 is 0. The fourth-order valence-electron chi connectivity index (χ4n) is 2.68. The largest absolute Gasteiger partial charge is 0.444 e. The van der Waals surface area contributed by atoms with Gasteiger partial charge in [0, 0.05) is 13.5 Å². The lowest BCUT2D eigenvalue weighted by Crippen LogP contribution is -2.36. The van der Waals surface area contributed by atoms with Crippen molar-refractivity contribution in [1.82, 2.24) is 5.32 Å². The van der Waals surface area contributed by atoms with Crippen LogP contribution in [0, 0.1) is 23.7 Å². The normalized spacial score (nSPS) is 21.5. The molecule has 0 radical (unpaired) electrons. The monoisotopic (exact) mass is 371 g/mol. The highest BCUT2D eigenvalue weighted by atomic mass is 16.7. The van der Waals surface area contributed by atoms with Crippen molar-refractivity contribution >= 4 is 18.0 Å². The zero-order valence-corrected chi connectivity index (χ0v) is 17.0. The Morgan fingerprint density at radius 3 is 2.15 bits per heavy atom. The molecule has 3 unspecified atom stereocenters. The first-order valence-electron chi connectivity index (χ1n) is 9.26. The van der Waals surface area contributed by atoms with Crippen LogP contribution in [-0.4, -0.2) is 36.5 Å². The predicted octanol–water partition coefficient (Wildman–Crippen LogP) is 3.26. The summed E-state index contributed by atoms with van der Waals surface area (Å²) in [5.41, 5.74) is -0.568. The maximum Gasteiger partial charge on any atom is 0.407 e. The van der Waals surface area contributed by atoms with Gasteiger partial charge in [-0.1, -0.05) is 20.8 Å².